The highest BCUT2D eigenvalue weighted by molar-refractivity contribution is 7.88. The lowest BCUT2D eigenvalue weighted by Crippen LogP contribution is -2.24. The summed E-state index contributed by atoms with van der Waals surface area (Å²) in [6, 6.07) is 15.3. The maximum atomic E-state index is 12.2. The molecular formula is C21H23N3O3S2. The fraction of sp³-hybridized carbons (Fsp3) is 0.238. The van der Waals surface area contributed by atoms with Crippen LogP contribution >= 0.6 is 11.3 Å². The van der Waals surface area contributed by atoms with Crippen molar-refractivity contribution < 1.29 is 13.2 Å². The van der Waals surface area contributed by atoms with Crippen LogP contribution < -0.4 is 10.0 Å². The van der Waals surface area contributed by atoms with Gasteiger partial charge < -0.3 is 5.32 Å². The summed E-state index contributed by atoms with van der Waals surface area (Å²) in [5, 5.41) is 5.70. The van der Waals surface area contributed by atoms with E-state index in [-0.39, 0.29) is 18.1 Å². The molecule has 0 spiro atoms. The number of nitrogens with zero attached hydrogens (tertiary/aromatic N) is 1. The van der Waals surface area contributed by atoms with Crippen molar-refractivity contribution >= 4 is 27.3 Å². The Morgan fingerprint density at radius 3 is 2.52 bits per heavy atom. The van der Waals surface area contributed by atoms with Crippen molar-refractivity contribution in [1.82, 2.24) is 15.0 Å². The van der Waals surface area contributed by atoms with Crippen molar-refractivity contribution in [3.05, 3.63) is 76.3 Å². The SMILES string of the molecule is CNS(=O)(=O)Cc1ccc(CNC(=O)Cc2csc(-c3cccc(C)c3)n2)cc1. The fourth-order valence-corrected chi connectivity index (χ4v) is 4.36. The topological polar surface area (TPSA) is 88.2 Å². The second-order valence-electron chi connectivity index (χ2n) is 6.75. The summed E-state index contributed by atoms with van der Waals surface area (Å²) >= 11 is 1.53. The summed E-state index contributed by atoms with van der Waals surface area (Å²) in [5.74, 6) is -0.170. The van der Waals surface area contributed by atoms with Crippen LogP contribution in [-0.2, 0) is 33.5 Å². The Morgan fingerprint density at radius 1 is 1.10 bits per heavy atom. The molecule has 8 heteroatoms. The number of aryl methyl sites for hydroxylation is 1. The summed E-state index contributed by atoms with van der Waals surface area (Å²) in [5.41, 5.74) is 4.58. The minimum Gasteiger partial charge on any atom is -0.352 e. The molecule has 0 aliphatic heterocycles. The molecule has 152 valence electrons. The fourth-order valence-electron chi connectivity index (χ4n) is 2.77. The maximum absolute atomic E-state index is 12.2. The summed E-state index contributed by atoms with van der Waals surface area (Å²) in [4.78, 5) is 16.8. The molecule has 1 aromatic heterocycles. The summed E-state index contributed by atoms with van der Waals surface area (Å²) in [7, 11) is -1.90. The first kappa shape index (κ1) is 21.2. The van der Waals surface area contributed by atoms with Crippen molar-refractivity contribution in [2.45, 2.75) is 25.6 Å². The van der Waals surface area contributed by atoms with Crippen LogP contribution in [0, 0.1) is 6.92 Å². The summed E-state index contributed by atoms with van der Waals surface area (Å²) in [6.45, 7) is 2.42. The predicted molar refractivity (Wildman–Crippen MR) is 116 cm³/mol. The van der Waals surface area contributed by atoms with Gasteiger partial charge in [0.05, 0.1) is 17.9 Å². The molecule has 0 radical (unpaired) electrons. The average molecular weight is 430 g/mol. The monoisotopic (exact) mass is 429 g/mol. The van der Waals surface area contributed by atoms with Gasteiger partial charge in [0.1, 0.15) is 5.01 Å². The molecule has 0 aliphatic carbocycles. The minimum absolute atomic E-state index is 0.0662. The molecule has 0 saturated carbocycles. The number of nitrogens with one attached hydrogen (secondary N) is 2. The number of carbonyl (C=O) groups excluding carboxylic acids is 1. The van der Waals surface area contributed by atoms with Crippen LogP contribution in [0.5, 0.6) is 0 Å². The molecule has 3 aromatic rings. The standard InChI is InChI=1S/C21H23N3O3S2/c1-15-4-3-5-18(10-15)21-24-19(13-28-21)11-20(25)23-12-16-6-8-17(9-7-16)14-29(26,27)22-2/h3-10,13,22H,11-12,14H2,1-2H3,(H,23,25). The van der Waals surface area contributed by atoms with Crippen LogP contribution in [-0.4, -0.2) is 26.4 Å². The zero-order valence-electron chi connectivity index (χ0n) is 16.3. The summed E-state index contributed by atoms with van der Waals surface area (Å²) in [6.07, 6.45) is 0.223. The number of rotatable bonds is 8. The van der Waals surface area contributed by atoms with Crippen molar-refractivity contribution in [3.63, 3.8) is 0 Å². The van der Waals surface area contributed by atoms with Crippen LogP contribution in [0.25, 0.3) is 10.6 Å². The third kappa shape index (κ3) is 6.22. The second-order valence-corrected chi connectivity index (χ2v) is 9.53. The van der Waals surface area contributed by atoms with Gasteiger partial charge in [-0.2, -0.15) is 0 Å². The number of benzene rings is 2. The van der Waals surface area contributed by atoms with Crippen LogP contribution in [0.3, 0.4) is 0 Å². The minimum atomic E-state index is -3.29. The van der Waals surface area contributed by atoms with E-state index in [1.165, 1.54) is 23.9 Å². The first-order chi connectivity index (χ1) is 13.8. The van der Waals surface area contributed by atoms with Crippen LogP contribution in [0.4, 0.5) is 0 Å². The number of aromatic nitrogens is 1. The maximum Gasteiger partial charge on any atom is 0.226 e. The van der Waals surface area contributed by atoms with Gasteiger partial charge in [0.15, 0.2) is 0 Å². The van der Waals surface area contributed by atoms with Crippen molar-refractivity contribution in [3.8, 4) is 10.6 Å². The molecular weight excluding hydrogens is 406 g/mol. The number of hydrogen-bond donors (Lipinski definition) is 2. The predicted octanol–water partition coefficient (Wildman–Crippen LogP) is 3.03. The molecule has 2 aromatic carbocycles. The molecule has 0 aliphatic rings. The molecule has 1 amide bonds. The van der Waals surface area contributed by atoms with Crippen LogP contribution in [0.2, 0.25) is 0 Å². The Hall–Kier alpha value is -2.55. The van der Waals surface area contributed by atoms with E-state index in [0.29, 0.717) is 12.1 Å². The van der Waals surface area contributed by atoms with Gasteiger partial charge in [-0.1, -0.05) is 48.0 Å². The van der Waals surface area contributed by atoms with E-state index in [2.05, 4.69) is 21.1 Å². The van der Waals surface area contributed by atoms with Crippen LogP contribution in [0.15, 0.2) is 53.9 Å². The third-order valence-electron chi connectivity index (χ3n) is 4.34. The summed E-state index contributed by atoms with van der Waals surface area (Å²) < 4.78 is 25.4. The van der Waals surface area contributed by atoms with E-state index >= 15 is 0 Å². The van der Waals surface area contributed by atoms with Gasteiger partial charge in [0.2, 0.25) is 15.9 Å². The normalized spacial score (nSPS) is 11.4. The molecule has 6 nitrogen and oxygen atoms in total. The molecule has 0 fully saturated rings. The average Bonchev–Trinajstić information content (AvgIpc) is 3.16. The zero-order chi connectivity index (χ0) is 20.9. The van der Waals surface area contributed by atoms with Gasteiger partial charge in [0, 0.05) is 17.5 Å². The van der Waals surface area contributed by atoms with E-state index in [0.717, 1.165) is 21.8 Å². The second kappa shape index (κ2) is 9.30. The molecule has 2 N–H and O–H groups in total. The number of sulfonamides is 1. The lowest BCUT2D eigenvalue weighted by molar-refractivity contribution is -0.120. The lowest BCUT2D eigenvalue weighted by Gasteiger charge is -2.06. The molecule has 3 rings (SSSR count). The van der Waals surface area contributed by atoms with Gasteiger partial charge in [-0.25, -0.2) is 18.1 Å². The lowest BCUT2D eigenvalue weighted by atomic mass is 10.1. The first-order valence-electron chi connectivity index (χ1n) is 9.12. The number of thiazole rings is 1. The van der Waals surface area contributed by atoms with Gasteiger partial charge in [0.25, 0.3) is 0 Å². The van der Waals surface area contributed by atoms with E-state index in [1.807, 2.05) is 42.6 Å². The molecule has 1 heterocycles. The number of carbonyl (C=O) groups is 1. The quantitative estimate of drug-likeness (QED) is 0.576. The largest absolute Gasteiger partial charge is 0.352 e. The highest BCUT2D eigenvalue weighted by Gasteiger charge is 2.10. The third-order valence-corrected chi connectivity index (χ3v) is 6.61. The van der Waals surface area contributed by atoms with Crippen molar-refractivity contribution in [1.29, 1.82) is 0 Å². The van der Waals surface area contributed by atoms with Crippen molar-refractivity contribution in [2.24, 2.45) is 0 Å². The van der Waals surface area contributed by atoms with E-state index in [4.69, 9.17) is 0 Å². The van der Waals surface area contributed by atoms with Crippen LogP contribution in [0.1, 0.15) is 22.4 Å². The molecule has 0 atom stereocenters. The molecule has 0 unspecified atom stereocenters. The first-order valence-corrected chi connectivity index (χ1v) is 11.6. The molecule has 0 bridgehead atoms. The highest BCUT2D eigenvalue weighted by Crippen LogP contribution is 2.24. The van der Waals surface area contributed by atoms with E-state index < -0.39 is 10.0 Å². The van der Waals surface area contributed by atoms with Gasteiger partial charge in [-0.15, -0.1) is 11.3 Å². The van der Waals surface area contributed by atoms with E-state index in [1.54, 1.807) is 12.1 Å². The van der Waals surface area contributed by atoms with E-state index in [9.17, 15) is 13.2 Å². The highest BCUT2D eigenvalue weighted by atomic mass is 32.2. The van der Waals surface area contributed by atoms with Crippen molar-refractivity contribution in [2.75, 3.05) is 7.05 Å². The zero-order valence-corrected chi connectivity index (χ0v) is 17.9. The molecule has 0 saturated heterocycles. The van der Waals surface area contributed by atoms with Gasteiger partial charge >= 0.3 is 0 Å². The van der Waals surface area contributed by atoms with Gasteiger partial charge in [-0.05, 0) is 31.2 Å². The molecule has 29 heavy (non-hydrogen) atoms. The number of hydrogen-bond acceptors (Lipinski definition) is 5. The Kier molecular flexibility index (Phi) is 6.79. The Labute approximate surface area is 175 Å². The number of amides is 1. The van der Waals surface area contributed by atoms with Gasteiger partial charge in [-0.3, -0.25) is 4.79 Å². The Morgan fingerprint density at radius 2 is 1.83 bits per heavy atom. The smallest absolute Gasteiger partial charge is 0.226 e. The Bertz CT molecular complexity index is 1090. The Balaban J connectivity index is 1.53.